The highest BCUT2D eigenvalue weighted by Gasteiger charge is 2.29. The molecule has 1 N–H and O–H groups in total. The fraction of sp³-hybridized carbons (Fsp3) is 0.444. The molecule has 0 saturated carbocycles. The lowest BCUT2D eigenvalue weighted by Gasteiger charge is -2.21. The van der Waals surface area contributed by atoms with Crippen LogP contribution in [0.2, 0.25) is 0 Å². The van der Waals surface area contributed by atoms with Crippen molar-refractivity contribution in [3.8, 4) is 0 Å². The molecular formula is C9H11F3N2. The Balaban J connectivity index is 2.70. The van der Waals surface area contributed by atoms with E-state index in [9.17, 15) is 13.2 Å². The molecule has 1 heterocycles. The van der Waals surface area contributed by atoms with Crippen molar-refractivity contribution in [1.82, 2.24) is 4.98 Å². The summed E-state index contributed by atoms with van der Waals surface area (Å²) in [5.41, 5.74) is 0.298. The average molecular weight is 204 g/mol. The van der Waals surface area contributed by atoms with Crippen LogP contribution in [0.3, 0.4) is 0 Å². The summed E-state index contributed by atoms with van der Waals surface area (Å²) in [5, 5.41) is 2.49. The molecule has 14 heavy (non-hydrogen) atoms. The van der Waals surface area contributed by atoms with Crippen molar-refractivity contribution in [3.05, 3.63) is 24.3 Å². The molecule has 1 atom stereocenters. The summed E-state index contributed by atoms with van der Waals surface area (Å²) in [5.74, 6) is -3.54. The van der Waals surface area contributed by atoms with Gasteiger partial charge in [-0.1, -0.05) is 0 Å². The van der Waals surface area contributed by atoms with Crippen molar-refractivity contribution < 1.29 is 13.2 Å². The van der Waals surface area contributed by atoms with Crippen LogP contribution in [-0.2, 0) is 0 Å². The van der Waals surface area contributed by atoms with E-state index < -0.39 is 17.9 Å². The molecular weight excluding hydrogens is 193 g/mol. The summed E-state index contributed by atoms with van der Waals surface area (Å²) in [6, 6.07) is 1.46. The van der Waals surface area contributed by atoms with E-state index in [2.05, 4.69) is 10.3 Å². The van der Waals surface area contributed by atoms with Gasteiger partial charge in [0.25, 0.3) is 5.92 Å². The van der Waals surface area contributed by atoms with E-state index in [0.29, 0.717) is 5.69 Å². The molecule has 5 heteroatoms. The number of hydrogen-bond donors (Lipinski definition) is 1. The van der Waals surface area contributed by atoms with Crippen molar-refractivity contribution >= 4 is 5.69 Å². The number of alkyl halides is 2. The largest absolute Gasteiger partial charge is 0.376 e. The number of pyridine rings is 1. The Labute approximate surface area is 80.2 Å². The van der Waals surface area contributed by atoms with Gasteiger partial charge >= 0.3 is 0 Å². The first-order valence-electron chi connectivity index (χ1n) is 4.15. The number of nitrogens with zero attached hydrogens (tertiary/aromatic N) is 1. The zero-order chi connectivity index (χ0) is 10.8. The van der Waals surface area contributed by atoms with Gasteiger partial charge in [0.15, 0.2) is 0 Å². The molecule has 0 spiro atoms. The molecule has 78 valence electrons. The van der Waals surface area contributed by atoms with Crippen molar-refractivity contribution in [1.29, 1.82) is 0 Å². The van der Waals surface area contributed by atoms with Crippen molar-refractivity contribution in [2.24, 2.45) is 0 Å². The third-order valence-electron chi connectivity index (χ3n) is 1.87. The monoisotopic (exact) mass is 204 g/mol. The van der Waals surface area contributed by atoms with Crippen LogP contribution in [0.5, 0.6) is 0 Å². The van der Waals surface area contributed by atoms with Gasteiger partial charge in [-0.15, -0.1) is 0 Å². The van der Waals surface area contributed by atoms with Gasteiger partial charge in [0.2, 0.25) is 5.95 Å². The molecule has 0 amide bonds. The second-order valence-corrected chi connectivity index (χ2v) is 3.19. The molecule has 0 saturated heterocycles. The van der Waals surface area contributed by atoms with Crippen LogP contribution in [-0.4, -0.2) is 16.9 Å². The Bertz CT molecular complexity index is 309. The molecule has 0 aromatic carbocycles. The Morgan fingerprint density at radius 1 is 1.50 bits per heavy atom. The smallest absolute Gasteiger partial charge is 0.264 e. The minimum atomic E-state index is -2.85. The fourth-order valence-corrected chi connectivity index (χ4v) is 0.869. The van der Waals surface area contributed by atoms with Crippen LogP contribution < -0.4 is 5.32 Å². The van der Waals surface area contributed by atoms with Gasteiger partial charge in [-0.3, -0.25) is 0 Å². The van der Waals surface area contributed by atoms with Crippen LogP contribution in [0.25, 0.3) is 0 Å². The van der Waals surface area contributed by atoms with Crippen molar-refractivity contribution in [2.75, 3.05) is 5.32 Å². The molecule has 2 nitrogen and oxygen atoms in total. The van der Waals surface area contributed by atoms with Gasteiger partial charge in [-0.25, -0.2) is 13.8 Å². The van der Waals surface area contributed by atoms with E-state index >= 15 is 0 Å². The van der Waals surface area contributed by atoms with Gasteiger partial charge in [0, 0.05) is 24.9 Å². The molecule has 0 aliphatic carbocycles. The Hall–Kier alpha value is -1.26. The summed E-state index contributed by atoms with van der Waals surface area (Å²) in [6.07, 6.45) is 1.22. The summed E-state index contributed by atoms with van der Waals surface area (Å²) >= 11 is 0. The van der Waals surface area contributed by atoms with Crippen LogP contribution in [0.15, 0.2) is 18.3 Å². The van der Waals surface area contributed by atoms with Crippen molar-refractivity contribution in [2.45, 2.75) is 25.8 Å². The molecule has 1 aromatic rings. The summed E-state index contributed by atoms with van der Waals surface area (Å²) in [7, 11) is 0. The van der Waals surface area contributed by atoms with E-state index in [-0.39, 0.29) is 0 Å². The molecule has 1 unspecified atom stereocenters. The molecule has 0 aliphatic heterocycles. The first-order chi connectivity index (χ1) is 6.39. The van der Waals surface area contributed by atoms with E-state index in [1.807, 2.05) is 0 Å². The van der Waals surface area contributed by atoms with Gasteiger partial charge < -0.3 is 5.32 Å². The van der Waals surface area contributed by atoms with Gasteiger partial charge in [-0.2, -0.15) is 4.39 Å². The maximum absolute atomic E-state index is 12.7. The quantitative estimate of drug-likeness (QED) is 0.765. The Morgan fingerprint density at radius 3 is 2.64 bits per heavy atom. The number of nitrogens with one attached hydrogen (secondary N) is 1. The van der Waals surface area contributed by atoms with E-state index in [4.69, 9.17) is 0 Å². The molecule has 0 fully saturated rings. The highest BCUT2D eigenvalue weighted by molar-refractivity contribution is 5.42. The third kappa shape index (κ3) is 2.90. The van der Waals surface area contributed by atoms with Crippen LogP contribution in [0, 0.1) is 5.95 Å². The number of rotatable bonds is 3. The number of hydrogen-bond acceptors (Lipinski definition) is 2. The predicted molar refractivity (Wildman–Crippen MR) is 47.9 cm³/mol. The lowest BCUT2D eigenvalue weighted by molar-refractivity contribution is 0.00699. The second kappa shape index (κ2) is 3.86. The van der Waals surface area contributed by atoms with Crippen LogP contribution >= 0.6 is 0 Å². The van der Waals surface area contributed by atoms with E-state index in [0.717, 1.165) is 13.0 Å². The normalized spacial score (nSPS) is 13.8. The predicted octanol–water partition coefficient (Wildman–Crippen LogP) is 2.68. The maximum atomic E-state index is 12.7. The molecule has 1 aromatic heterocycles. The first kappa shape index (κ1) is 10.8. The lowest BCUT2D eigenvalue weighted by atomic mass is 10.2. The summed E-state index contributed by atoms with van der Waals surface area (Å²) in [4.78, 5) is 3.32. The topological polar surface area (TPSA) is 24.9 Å². The number of halogens is 3. The van der Waals surface area contributed by atoms with Gasteiger partial charge in [-0.05, 0) is 13.0 Å². The lowest BCUT2D eigenvalue weighted by Crippen LogP contribution is -2.34. The Kier molecular flexibility index (Phi) is 2.98. The zero-order valence-electron chi connectivity index (χ0n) is 7.89. The molecule has 1 rings (SSSR count). The molecule has 0 aliphatic rings. The maximum Gasteiger partial charge on any atom is 0.264 e. The summed E-state index contributed by atoms with van der Waals surface area (Å²) in [6.45, 7) is 2.14. The Morgan fingerprint density at radius 2 is 2.14 bits per heavy atom. The zero-order valence-corrected chi connectivity index (χ0v) is 7.89. The second-order valence-electron chi connectivity index (χ2n) is 3.19. The van der Waals surface area contributed by atoms with Crippen LogP contribution in [0.1, 0.15) is 13.8 Å². The highest BCUT2D eigenvalue weighted by Crippen LogP contribution is 2.20. The fourth-order valence-electron chi connectivity index (χ4n) is 0.869. The number of aromatic nitrogens is 1. The SMILES string of the molecule is CC(Nc1ccnc(F)c1)C(C)(F)F. The van der Waals surface area contributed by atoms with Gasteiger partial charge in [0.05, 0.1) is 6.04 Å². The van der Waals surface area contributed by atoms with Crippen LogP contribution in [0.4, 0.5) is 18.9 Å². The average Bonchev–Trinajstić information content (AvgIpc) is 2.02. The molecule has 0 radical (unpaired) electrons. The third-order valence-corrected chi connectivity index (χ3v) is 1.87. The minimum absolute atomic E-state index is 0.298. The highest BCUT2D eigenvalue weighted by atomic mass is 19.3. The number of anilines is 1. The van der Waals surface area contributed by atoms with E-state index in [1.165, 1.54) is 19.2 Å². The van der Waals surface area contributed by atoms with Gasteiger partial charge in [0.1, 0.15) is 0 Å². The summed E-state index contributed by atoms with van der Waals surface area (Å²) < 4.78 is 38.0. The van der Waals surface area contributed by atoms with Crippen molar-refractivity contribution in [3.63, 3.8) is 0 Å². The van der Waals surface area contributed by atoms with E-state index in [1.54, 1.807) is 0 Å². The first-order valence-corrected chi connectivity index (χ1v) is 4.15. The standard InChI is InChI=1S/C9H11F3N2/c1-6(9(2,11)12)14-7-3-4-13-8(10)5-7/h3-6H,1-2H3,(H,13,14). The molecule has 0 bridgehead atoms. The minimum Gasteiger partial charge on any atom is -0.376 e.